The number of esters is 1. The summed E-state index contributed by atoms with van der Waals surface area (Å²) in [6.45, 7) is 4.98. The first kappa shape index (κ1) is 88.1. The highest BCUT2D eigenvalue weighted by Crippen LogP contribution is 2.20. The van der Waals surface area contributed by atoms with Crippen LogP contribution < -0.4 is 5.32 Å². The van der Waals surface area contributed by atoms with Crippen molar-refractivity contribution in [1.29, 1.82) is 0 Å². The van der Waals surface area contributed by atoms with Crippen molar-refractivity contribution in [1.82, 2.24) is 5.32 Å². The lowest BCUT2D eigenvalue weighted by Crippen LogP contribution is -2.45. The highest BCUT2D eigenvalue weighted by Gasteiger charge is 2.20. The summed E-state index contributed by atoms with van der Waals surface area (Å²) in [4.78, 5) is 24.7. The molecule has 2 unspecified atom stereocenters. The molecule has 0 saturated carbocycles. The topological polar surface area (TPSA) is 95.9 Å². The van der Waals surface area contributed by atoms with Crippen molar-refractivity contribution in [2.75, 3.05) is 13.2 Å². The number of hydrogen-bond acceptors (Lipinski definition) is 5. The summed E-state index contributed by atoms with van der Waals surface area (Å²) in [6, 6.07) is -0.541. The standard InChI is InChI=1S/C84H161NO5/c1-3-5-7-9-11-13-15-17-19-21-23-24-38-41-44-48-52-56-60-64-68-72-76-82(87)81(80-86)85-83(88)77-73-69-65-61-57-53-49-45-42-39-36-34-32-30-28-26-25-27-29-31-33-35-37-40-43-47-51-55-59-63-67-71-75-79-90-84(89)78-74-70-66-62-58-54-50-46-22-20-18-16-14-12-10-8-6-4-2/h14,16,20,22,29,31,81-82,86-87H,3-13,15,17-19,21,23-28,30,32-80H2,1-2H3,(H,85,88)/b16-14-,22-20-,31-29-. The molecule has 90 heavy (non-hydrogen) atoms. The van der Waals surface area contributed by atoms with Gasteiger partial charge in [0.1, 0.15) is 0 Å². The van der Waals surface area contributed by atoms with Crippen LogP contribution in [0.5, 0.6) is 0 Å². The van der Waals surface area contributed by atoms with Crippen molar-refractivity contribution >= 4 is 11.9 Å². The SMILES string of the molecule is CCCCCC/C=C\C/C=C\CCCCCCCCCC(=O)OCCCCCCCCCCCCCC/C=C\CCCCCCCCCCCCCCCCCCCC(=O)NC(CO)C(O)CCCCCCCCCCCCCCCCCCCCCCCC. The van der Waals surface area contributed by atoms with Crippen LogP contribution in [0.2, 0.25) is 0 Å². The Morgan fingerprint density at radius 2 is 0.556 bits per heavy atom. The number of nitrogens with one attached hydrogen (secondary N) is 1. The second kappa shape index (κ2) is 79.5. The van der Waals surface area contributed by atoms with Gasteiger partial charge in [-0.1, -0.05) is 403 Å². The van der Waals surface area contributed by atoms with Crippen LogP contribution >= 0.6 is 0 Å². The highest BCUT2D eigenvalue weighted by atomic mass is 16.5. The van der Waals surface area contributed by atoms with E-state index in [4.69, 9.17) is 4.74 Å². The van der Waals surface area contributed by atoms with Crippen LogP contribution in [0.3, 0.4) is 0 Å². The summed E-state index contributed by atoms with van der Waals surface area (Å²) in [5, 5.41) is 23.5. The first-order valence-electron chi connectivity index (χ1n) is 41.2. The van der Waals surface area contributed by atoms with Crippen LogP contribution in [0.15, 0.2) is 36.5 Å². The van der Waals surface area contributed by atoms with Gasteiger partial charge in [0.05, 0.1) is 25.4 Å². The largest absolute Gasteiger partial charge is 0.466 e. The third-order valence-corrected chi connectivity index (χ3v) is 19.4. The summed E-state index contributed by atoms with van der Waals surface area (Å²) in [6.07, 6.45) is 104. The lowest BCUT2D eigenvalue weighted by molar-refractivity contribution is -0.143. The zero-order valence-electron chi connectivity index (χ0n) is 61.1. The molecule has 0 saturated heterocycles. The van der Waals surface area contributed by atoms with E-state index in [0.717, 1.165) is 51.4 Å². The zero-order valence-corrected chi connectivity index (χ0v) is 61.1. The molecule has 0 aromatic rings. The molecule has 532 valence electrons. The molecule has 3 N–H and O–H groups in total. The molecule has 0 rings (SSSR count). The number of hydrogen-bond donors (Lipinski definition) is 3. The Kier molecular flexibility index (Phi) is 77.8. The van der Waals surface area contributed by atoms with Crippen LogP contribution in [0.25, 0.3) is 0 Å². The molecule has 0 radical (unpaired) electrons. The van der Waals surface area contributed by atoms with E-state index in [1.807, 2.05) is 0 Å². The van der Waals surface area contributed by atoms with Gasteiger partial charge in [0.25, 0.3) is 0 Å². The Morgan fingerprint density at radius 3 is 0.867 bits per heavy atom. The summed E-state index contributed by atoms with van der Waals surface area (Å²) >= 11 is 0. The average Bonchev–Trinajstić information content (AvgIpc) is 3.59. The fourth-order valence-electron chi connectivity index (χ4n) is 13.1. The summed E-state index contributed by atoms with van der Waals surface area (Å²) in [5.41, 5.74) is 0. The van der Waals surface area contributed by atoms with E-state index >= 15 is 0 Å². The third kappa shape index (κ3) is 75.1. The van der Waals surface area contributed by atoms with E-state index in [9.17, 15) is 19.8 Å². The molecule has 1 amide bonds. The fraction of sp³-hybridized carbons (Fsp3) is 0.905. The van der Waals surface area contributed by atoms with Gasteiger partial charge in [-0.25, -0.2) is 0 Å². The van der Waals surface area contributed by atoms with E-state index in [1.165, 1.54) is 379 Å². The fourth-order valence-corrected chi connectivity index (χ4v) is 13.1. The number of allylic oxidation sites excluding steroid dienone is 6. The van der Waals surface area contributed by atoms with Gasteiger partial charge in [-0.2, -0.15) is 0 Å². The Labute approximate surface area is 564 Å². The molecular weight excluding hydrogens is 1100 g/mol. The maximum Gasteiger partial charge on any atom is 0.305 e. The van der Waals surface area contributed by atoms with Crippen molar-refractivity contribution in [3.63, 3.8) is 0 Å². The highest BCUT2D eigenvalue weighted by molar-refractivity contribution is 5.76. The van der Waals surface area contributed by atoms with Crippen molar-refractivity contribution in [3.05, 3.63) is 36.5 Å². The van der Waals surface area contributed by atoms with Crippen molar-refractivity contribution in [3.8, 4) is 0 Å². The van der Waals surface area contributed by atoms with Gasteiger partial charge in [-0.15, -0.1) is 0 Å². The maximum atomic E-state index is 12.6. The molecular formula is C84H161NO5. The van der Waals surface area contributed by atoms with Crippen LogP contribution in [-0.2, 0) is 14.3 Å². The van der Waals surface area contributed by atoms with Gasteiger partial charge in [0.15, 0.2) is 0 Å². The second-order valence-electron chi connectivity index (χ2n) is 28.5. The van der Waals surface area contributed by atoms with Crippen LogP contribution in [-0.4, -0.2) is 47.4 Å². The molecule has 6 nitrogen and oxygen atoms in total. The van der Waals surface area contributed by atoms with E-state index < -0.39 is 12.1 Å². The van der Waals surface area contributed by atoms with E-state index in [0.29, 0.717) is 25.9 Å². The average molecular weight is 1270 g/mol. The first-order valence-corrected chi connectivity index (χ1v) is 41.2. The first-order chi connectivity index (χ1) is 44.5. The molecule has 0 aliphatic heterocycles. The minimum Gasteiger partial charge on any atom is -0.466 e. The number of ether oxygens (including phenoxy) is 1. The third-order valence-electron chi connectivity index (χ3n) is 19.4. The normalized spacial score (nSPS) is 12.6. The van der Waals surface area contributed by atoms with Gasteiger partial charge in [0.2, 0.25) is 5.91 Å². The van der Waals surface area contributed by atoms with Gasteiger partial charge >= 0.3 is 5.97 Å². The smallest absolute Gasteiger partial charge is 0.305 e. The lowest BCUT2D eigenvalue weighted by atomic mass is 10.0. The number of unbranched alkanes of at least 4 members (excludes halogenated alkanes) is 61. The Balaban J connectivity index is 3.35. The van der Waals surface area contributed by atoms with Crippen LogP contribution in [0.1, 0.15) is 463 Å². The summed E-state index contributed by atoms with van der Waals surface area (Å²) in [7, 11) is 0. The number of aliphatic hydroxyl groups is 2. The van der Waals surface area contributed by atoms with Gasteiger partial charge < -0.3 is 20.3 Å². The quantitative estimate of drug-likeness (QED) is 0.0320. The van der Waals surface area contributed by atoms with Crippen LogP contribution in [0.4, 0.5) is 0 Å². The monoisotopic (exact) mass is 1260 g/mol. The molecule has 2 atom stereocenters. The Bertz CT molecular complexity index is 1460. The van der Waals surface area contributed by atoms with Crippen LogP contribution in [0, 0.1) is 0 Å². The van der Waals surface area contributed by atoms with E-state index in [-0.39, 0.29) is 18.5 Å². The molecule has 0 aliphatic rings. The molecule has 0 aliphatic carbocycles. The predicted molar refractivity (Wildman–Crippen MR) is 398 cm³/mol. The Morgan fingerprint density at radius 1 is 0.311 bits per heavy atom. The molecule has 0 aromatic heterocycles. The minimum atomic E-state index is -0.664. The van der Waals surface area contributed by atoms with Gasteiger partial charge in [-0.3, -0.25) is 9.59 Å². The predicted octanol–water partition coefficient (Wildman–Crippen LogP) is 27.4. The van der Waals surface area contributed by atoms with Crippen molar-refractivity contribution < 1.29 is 24.5 Å². The molecule has 0 fully saturated rings. The van der Waals surface area contributed by atoms with E-state index in [2.05, 4.69) is 55.6 Å². The Hall–Kier alpha value is -1.92. The maximum absolute atomic E-state index is 12.6. The summed E-state index contributed by atoms with van der Waals surface area (Å²) in [5.74, 6) is -0.0143. The lowest BCUT2D eigenvalue weighted by Gasteiger charge is -2.22. The number of carbonyl (C=O) groups excluding carboxylic acids is 2. The van der Waals surface area contributed by atoms with Gasteiger partial charge in [0, 0.05) is 12.8 Å². The van der Waals surface area contributed by atoms with E-state index in [1.54, 1.807) is 0 Å². The number of amides is 1. The second-order valence-corrected chi connectivity index (χ2v) is 28.5. The molecule has 0 heterocycles. The molecule has 0 bridgehead atoms. The van der Waals surface area contributed by atoms with Crippen molar-refractivity contribution in [2.45, 2.75) is 475 Å². The summed E-state index contributed by atoms with van der Waals surface area (Å²) < 4.78 is 5.51. The molecule has 0 aromatic carbocycles. The minimum absolute atomic E-state index is 0.0122. The zero-order chi connectivity index (χ0) is 64.9. The molecule has 0 spiro atoms. The number of aliphatic hydroxyl groups excluding tert-OH is 2. The van der Waals surface area contributed by atoms with Crippen molar-refractivity contribution in [2.24, 2.45) is 0 Å². The number of carbonyl (C=O) groups is 2. The number of rotatable bonds is 78. The molecule has 6 heteroatoms. The van der Waals surface area contributed by atoms with Gasteiger partial charge in [-0.05, 0) is 83.5 Å².